The van der Waals surface area contributed by atoms with Crippen molar-refractivity contribution >= 4 is 6.29 Å². The number of rotatable bonds is 3. The fourth-order valence-electron chi connectivity index (χ4n) is 0.926. The number of hydrogen-bond donors (Lipinski definition) is 0. The Morgan fingerprint density at radius 3 is 2.33 bits per heavy atom. The molecule has 0 aliphatic rings. The van der Waals surface area contributed by atoms with Crippen molar-refractivity contribution in [2.45, 2.75) is 0 Å². The van der Waals surface area contributed by atoms with Gasteiger partial charge < -0.3 is 9.47 Å². The second-order valence-corrected chi connectivity index (χ2v) is 2.23. The zero-order chi connectivity index (χ0) is 8.97. The predicted molar refractivity (Wildman–Crippen MR) is 44.9 cm³/mol. The zero-order valence-electron chi connectivity index (χ0n) is 7.03. The molecular weight excluding hydrogens is 157 g/mol. The second-order valence-electron chi connectivity index (χ2n) is 2.23. The second kappa shape index (κ2) is 3.76. The summed E-state index contributed by atoms with van der Waals surface area (Å²) in [4.78, 5) is 10.4. The van der Waals surface area contributed by atoms with Gasteiger partial charge in [0.05, 0.1) is 14.2 Å². The molecule has 1 aromatic rings. The van der Waals surface area contributed by atoms with Gasteiger partial charge in [0, 0.05) is 5.56 Å². The Balaban J connectivity index is 3.10. The van der Waals surface area contributed by atoms with Crippen molar-refractivity contribution in [2.24, 2.45) is 0 Å². The molecule has 0 aliphatic heterocycles. The van der Waals surface area contributed by atoms with E-state index in [1.54, 1.807) is 25.3 Å². The van der Waals surface area contributed by atoms with Gasteiger partial charge in [-0.05, 0) is 18.2 Å². The number of methoxy groups -OCH3 is 2. The lowest BCUT2D eigenvalue weighted by Gasteiger charge is -2.06. The van der Waals surface area contributed by atoms with Gasteiger partial charge in [-0.25, -0.2) is 0 Å². The minimum absolute atomic E-state index is 0.571. The summed E-state index contributed by atoms with van der Waals surface area (Å²) >= 11 is 0. The van der Waals surface area contributed by atoms with Crippen LogP contribution in [0.5, 0.6) is 11.5 Å². The molecule has 0 N–H and O–H groups in total. The molecule has 0 bridgehead atoms. The monoisotopic (exact) mass is 167 g/mol. The topological polar surface area (TPSA) is 35.5 Å². The molecule has 0 fully saturated rings. The first-order chi connectivity index (χ1) is 5.81. The summed E-state index contributed by atoms with van der Waals surface area (Å²) in [7, 11) is 3.09. The van der Waals surface area contributed by atoms with Crippen molar-refractivity contribution in [1.82, 2.24) is 0 Å². The molecule has 0 saturated heterocycles. The van der Waals surface area contributed by atoms with E-state index in [1.165, 1.54) is 7.11 Å². The lowest BCUT2D eigenvalue weighted by atomic mass is 10.3. The van der Waals surface area contributed by atoms with Crippen LogP contribution in [0.25, 0.3) is 0 Å². The normalized spacial score (nSPS) is 9.17. The van der Waals surface area contributed by atoms with E-state index < -0.39 is 0 Å². The molecule has 0 atom stereocenters. The van der Waals surface area contributed by atoms with E-state index in [0.29, 0.717) is 17.1 Å². The van der Waals surface area contributed by atoms with Crippen LogP contribution in [0.3, 0.4) is 0 Å². The number of benzene rings is 1. The van der Waals surface area contributed by atoms with Crippen LogP contribution in [0.1, 0.15) is 10.4 Å². The first kappa shape index (κ1) is 8.59. The van der Waals surface area contributed by atoms with Gasteiger partial charge in [-0.3, -0.25) is 4.79 Å². The number of aldehydes is 1. The Kier molecular flexibility index (Phi) is 2.69. The van der Waals surface area contributed by atoms with Gasteiger partial charge in [0.1, 0.15) is 6.29 Å². The highest BCUT2D eigenvalue weighted by Crippen LogP contribution is 2.26. The molecule has 0 heterocycles. The first-order valence-corrected chi connectivity index (χ1v) is 3.49. The Morgan fingerprint density at radius 1 is 1.17 bits per heavy atom. The molecule has 1 rings (SSSR count). The summed E-state index contributed by atoms with van der Waals surface area (Å²) in [5.74, 6) is 1.20. The molecule has 0 radical (unpaired) electrons. The van der Waals surface area contributed by atoms with Crippen LogP contribution < -0.4 is 9.47 Å². The average molecular weight is 167 g/mol. The summed E-state index contributed by atoms with van der Waals surface area (Å²) in [5.41, 5.74) is 0.577. The van der Waals surface area contributed by atoms with Crippen LogP contribution in [0, 0.1) is 0 Å². The fourth-order valence-corrected chi connectivity index (χ4v) is 0.926. The largest absolute Gasteiger partial charge is 0.493 e. The van der Waals surface area contributed by atoms with Crippen LogP contribution in [0.2, 0.25) is 0 Å². The number of ether oxygens (including phenoxy) is 2. The fraction of sp³-hybridized carbons (Fsp3) is 0.222. The summed E-state index contributed by atoms with van der Waals surface area (Å²) in [6, 6.07) is 5.00. The first-order valence-electron chi connectivity index (χ1n) is 3.49. The van der Waals surface area contributed by atoms with Crippen molar-refractivity contribution < 1.29 is 14.3 Å². The minimum Gasteiger partial charge on any atom is -0.493 e. The molecule has 3 heteroatoms. The van der Waals surface area contributed by atoms with E-state index in [2.05, 4.69) is 0 Å². The maximum Gasteiger partial charge on any atom is 0.161 e. The standard InChI is InChI=1S/C9H10O3/c1-11-8-4-3-7(6-10)5-9(8)12-2/h3-6H,1-2H3/i8+1. The Morgan fingerprint density at radius 2 is 1.83 bits per heavy atom. The summed E-state index contributed by atoms with van der Waals surface area (Å²) in [6.45, 7) is 0. The molecule has 64 valence electrons. The molecule has 0 amide bonds. The van der Waals surface area contributed by atoms with E-state index in [4.69, 9.17) is 9.47 Å². The molecule has 0 aliphatic carbocycles. The summed E-state index contributed by atoms with van der Waals surface area (Å²) in [6.07, 6.45) is 0.766. The highest BCUT2D eigenvalue weighted by atomic mass is 16.6. The number of carbonyl (C=O) groups excluding carboxylic acids is 1. The molecule has 12 heavy (non-hydrogen) atoms. The molecule has 0 aromatic heterocycles. The number of hydrogen-bond acceptors (Lipinski definition) is 3. The van der Waals surface area contributed by atoms with Crippen molar-refractivity contribution in [3.63, 3.8) is 0 Å². The van der Waals surface area contributed by atoms with Crippen molar-refractivity contribution in [2.75, 3.05) is 14.2 Å². The SMILES string of the molecule is COc1cc(C=O)cc[13c]1OC. The summed E-state index contributed by atoms with van der Waals surface area (Å²) in [5, 5.41) is 0. The Labute approximate surface area is 70.9 Å². The van der Waals surface area contributed by atoms with Crippen LogP contribution in [-0.4, -0.2) is 20.5 Å². The third-order valence-corrected chi connectivity index (χ3v) is 1.54. The van der Waals surface area contributed by atoms with Crippen LogP contribution in [-0.2, 0) is 0 Å². The average Bonchev–Trinajstić information content (AvgIpc) is 2.16. The van der Waals surface area contributed by atoms with E-state index in [9.17, 15) is 4.79 Å². The third kappa shape index (κ3) is 1.56. The van der Waals surface area contributed by atoms with Gasteiger partial charge in [0.2, 0.25) is 0 Å². The van der Waals surface area contributed by atoms with Crippen molar-refractivity contribution in [3.05, 3.63) is 23.8 Å². The molecule has 1 aromatic carbocycles. The van der Waals surface area contributed by atoms with Gasteiger partial charge in [-0.1, -0.05) is 0 Å². The number of carbonyl (C=O) groups is 1. The molecule has 0 saturated carbocycles. The van der Waals surface area contributed by atoms with Gasteiger partial charge in [-0.2, -0.15) is 0 Å². The van der Waals surface area contributed by atoms with Crippen LogP contribution >= 0.6 is 0 Å². The highest BCUT2D eigenvalue weighted by molar-refractivity contribution is 5.76. The minimum atomic E-state index is 0.571. The lowest BCUT2D eigenvalue weighted by Crippen LogP contribution is -1.91. The van der Waals surface area contributed by atoms with E-state index >= 15 is 0 Å². The lowest BCUT2D eigenvalue weighted by molar-refractivity contribution is 0.112. The summed E-state index contributed by atoms with van der Waals surface area (Å²) < 4.78 is 9.99. The van der Waals surface area contributed by atoms with Gasteiger partial charge >= 0.3 is 0 Å². The smallest absolute Gasteiger partial charge is 0.161 e. The van der Waals surface area contributed by atoms with Gasteiger partial charge in [0.25, 0.3) is 0 Å². The van der Waals surface area contributed by atoms with Gasteiger partial charge in [-0.15, -0.1) is 0 Å². The maximum absolute atomic E-state index is 10.4. The van der Waals surface area contributed by atoms with E-state index in [-0.39, 0.29) is 0 Å². The van der Waals surface area contributed by atoms with Crippen molar-refractivity contribution in [1.29, 1.82) is 0 Å². The predicted octanol–water partition coefficient (Wildman–Crippen LogP) is 1.52. The molecular formula is C9H10O3. The Hall–Kier alpha value is -1.51. The molecule has 0 spiro atoms. The van der Waals surface area contributed by atoms with Crippen molar-refractivity contribution in [3.8, 4) is 11.5 Å². The molecule has 0 unspecified atom stereocenters. The van der Waals surface area contributed by atoms with Crippen LogP contribution in [0.4, 0.5) is 0 Å². The zero-order valence-corrected chi connectivity index (χ0v) is 7.03. The molecule has 3 nitrogen and oxygen atoms in total. The van der Waals surface area contributed by atoms with Gasteiger partial charge in [0.15, 0.2) is 11.5 Å². The van der Waals surface area contributed by atoms with E-state index in [1.807, 2.05) is 0 Å². The maximum atomic E-state index is 10.4. The van der Waals surface area contributed by atoms with Crippen LogP contribution in [0.15, 0.2) is 18.2 Å². The van der Waals surface area contributed by atoms with E-state index in [0.717, 1.165) is 6.29 Å². The Bertz CT molecular complexity index is 281. The quantitative estimate of drug-likeness (QED) is 0.640. The highest BCUT2D eigenvalue weighted by Gasteiger charge is 2.02. The third-order valence-electron chi connectivity index (χ3n) is 1.54.